The molecule has 0 unspecified atom stereocenters. The van der Waals surface area contributed by atoms with Crippen LogP contribution in [0.15, 0.2) is 18.3 Å². The lowest BCUT2D eigenvalue weighted by Gasteiger charge is -2.14. The molecule has 0 bridgehead atoms. The molecule has 1 N–H and O–H groups in total. The van der Waals surface area contributed by atoms with Crippen molar-refractivity contribution in [1.29, 1.82) is 5.26 Å². The summed E-state index contributed by atoms with van der Waals surface area (Å²) < 4.78 is 10.6. The normalized spacial score (nSPS) is 10.3. The summed E-state index contributed by atoms with van der Waals surface area (Å²) in [6.45, 7) is 4.09. The van der Waals surface area contributed by atoms with Gasteiger partial charge in [0.05, 0.1) is 23.4 Å². The van der Waals surface area contributed by atoms with E-state index in [0.717, 1.165) is 10.9 Å². The van der Waals surface area contributed by atoms with Crippen molar-refractivity contribution in [2.45, 2.75) is 13.8 Å². The fourth-order valence-corrected chi connectivity index (χ4v) is 2.11. The van der Waals surface area contributed by atoms with Crippen LogP contribution in [0.3, 0.4) is 0 Å². The summed E-state index contributed by atoms with van der Waals surface area (Å²) in [6.07, 6.45) is 1.54. The maximum absolute atomic E-state index is 11.4. The first-order valence-corrected chi connectivity index (χ1v) is 6.79. The Hall–Kier alpha value is -2.65. The number of amides is 1. The van der Waals surface area contributed by atoms with Crippen molar-refractivity contribution in [2.24, 2.45) is 0 Å². The number of ether oxygens (including phenoxy) is 2. The van der Waals surface area contributed by atoms with Crippen LogP contribution < -0.4 is 10.1 Å². The maximum Gasteiger partial charge on any atom is 0.221 e. The summed E-state index contributed by atoms with van der Waals surface area (Å²) >= 11 is 0. The zero-order chi connectivity index (χ0) is 16.1. The first kappa shape index (κ1) is 15.7. The van der Waals surface area contributed by atoms with Crippen LogP contribution in [0.2, 0.25) is 0 Å². The summed E-state index contributed by atoms with van der Waals surface area (Å²) in [5.41, 5.74) is 2.59. The zero-order valence-electron chi connectivity index (χ0n) is 12.8. The van der Waals surface area contributed by atoms with Crippen molar-refractivity contribution in [2.75, 3.05) is 25.6 Å². The Morgan fingerprint density at radius 1 is 1.41 bits per heavy atom. The number of benzene rings is 1. The second kappa shape index (κ2) is 6.87. The maximum atomic E-state index is 11.4. The van der Waals surface area contributed by atoms with Crippen molar-refractivity contribution < 1.29 is 14.3 Å². The van der Waals surface area contributed by atoms with E-state index < -0.39 is 0 Å². The van der Waals surface area contributed by atoms with E-state index in [4.69, 9.17) is 14.7 Å². The molecule has 1 heterocycles. The monoisotopic (exact) mass is 299 g/mol. The minimum Gasteiger partial charge on any atom is -0.489 e. The molecule has 0 aliphatic heterocycles. The van der Waals surface area contributed by atoms with Gasteiger partial charge in [-0.15, -0.1) is 0 Å². The van der Waals surface area contributed by atoms with Crippen molar-refractivity contribution in [1.82, 2.24) is 4.98 Å². The molecule has 6 heteroatoms. The van der Waals surface area contributed by atoms with Crippen LogP contribution in [0.1, 0.15) is 18.1 Å². The molecular weight excluding hydrogens is 282 g/mol. The van der Waals surface area contributed by atoms with E-state index in [9.17, 15) is 4.79 Å². The van der Waals surface area contributed by atoms with Gasteiger partial charge in [0.2, 0.25) is 5.91 Å². The average Bonchev–Trinajstić information content (AvgIpc) is 2.48. The third kappa shape index (κ3) is 3.32. The fourth-order valence-electron chi connectivity index (χ4n) is 2.11. The van der Waals surface area contributed by atoms with E-state index in [-0.39, 0.29) is 5.91 Å². The number of anilines is 1. The Morgan fingerprint density at radius 2 is 2.18 bits per heavy atom. The van der Waals surface area contributed by atoms with Gasteiger partial charge >= 0.3 is 0 Å². The van der Waals surface area contributed by atoms with Crippen LogP contribution in [0.4, 0.5) is 5.69 Å². The standard InChI is InChI=1S/C16H17N3O3/c1-10-12(8-17)9-18-14-7-16(22-5-4-21-3)15(6-13(10)14)19-11(2)20/h6-7,9H,4-5H2,1-3H3,(H,19,20). The molecule has 0 fully saturated rings. The highest BCUT2D eigenvalue weighted by Crippen LogP contribution is 2.32. The van der Waals surface area contributed by atoms with Gasteiger partial charge in [0.15, 0.2) is 0 Å². The summed E-state index contributed by atoms with van der Waals surface area (Å²) in [6, 6.07) is 5.64. The lowest BCUT2D eigenvalue weighted by atomic mass is 10.0. The number of rotatable bonds is 5. The van der Waals surface area contributed by atoms with Crippen LogP contribution in [-0.2, 0) is 9.53 Å². The number of carbonyl (C=O) groups is 1. The second-order valence-corrected chi connectivity index (χ2v) is 4.80. The molecule has 0 spiro atoms. The first-order valence-electron chi connectivity index (χ1n) is 6.79. The average molecular weight is 299 g/mol. The Morgan fingerprint density at radius 3 is 2.82 bits per heavy atom. The van der Waals surface area contributed by atoms with E-state index in [0.29, 0.717) is 35.7 Å². The molecule has 0 saturated heterocycles. The number of nitrogens with zero attached hydrogens (tertiary/aromatic N) is 2. The molecule has 2 aromatic rings. The SMILES string of the molecule is COCCOc1cc2ncc(C#N)c(C)c2cc1NC(C)=O. The first-order chi connectivity index (χ1) is 10.6. The second-order valence-electron chi connectivity index (χ2n) is 4.80. The minimum absolute atomic E-state index is 0.196. The van der Waals surface area contributed by atoms with Gasteiger partial charge in [-0.1, -0.05) is 0 Å². The van der Waals surface area contributed by atoms with Gasteiger partial charge < -0.3 is 14.8 Å². The van der Waals surface area contributed by atoms with Gasteiger partial charge in [-0.05, 0) is 18.6 Å². The molecular formula is C16H17N3O3. The van der Waals surface area contributed by atoms with Crippen molar-refractivity contribution in [3.8, 4) is 11.8 Å². The summed E-state index contributed by atoms with van der Waals surface area (Å²) in [5.74, 6) is 0.328. The predicted molar refractivity (Wildman–Crippen MR) is 82.9 cm³/mol. The molecule has 114 valence electrons. The van der Waals surface area contributed by atoms with Gasteiger partial charge in [-0.2, -0.15) is 5.26 Å². The number of methoxy groups -OCH3 is 1. The van der Waals surface area contributed by atoms with E-state index in [1.807, 2.05) is 6.92 Å². The molecule has 1 aromatic carbocycles. The number of hydrogen-bond donors (Lipinski definition) is 1. The van der Waals surface area contributed by atoms with Crippen LogP contribution in [0, 0.1) is 18.3 Å². The van der Waals surface area contributed by atoms with Gasteiger partial charge in [0.1, 0.15) is 18.4 Å². The molecule has 0 saturated carbocycles. The molecule has 2 rings (SSSR count). The minimum atomic E-state index is -0.196. The number of pyridine rings is 1. The highest BCUT2D eigenvalue weighted by molar-refractivity contribution is 5.96. The van der Waals surface area contributed by atoms with Crippen LogP contribution in [0.5, 0.6) is 5.75 Å². The third-order valence-corrected chi connectivity index (χ3v) is 3.21. The highest BCUT2D eigenvalue weighted by atomic mass is 16.5. The number of aromatic nitrogens is 1. The Balaban J connectivity index is 2.53. The summed E-state index contributed by atoms with van der Waals surface area (Å²) in [5, 5.41) is 12.6. The molecule has 0 atom stereocenters. The van der Waals surface area contributed by atoms with Crippen molar-refractivity contribution in [3.63, 3.8) is 0 Å². The van der Waals surface area contributed by atoms with E-state index >= 15 is 0 Å². The number of carbonyl (C=O) groups excluding carboxylic acids is 1. The summed E-state index contributed by atoms with van der Waals surface area (Å²) in [7, 11) is 1.59. The molecule has 6 nitrogen and oxygen atoms in total. The fraction of sp³-hybridized carbons (Fsp3) is 0.312. The van der Waals surface area contributed by atoms with Crippen molar-refractivity contribution >= 4 is 22.5 Å². The van der Waals surface area contributed by atoms with E-state index in [1.54, 1.807) is 19.2 Å². The molecule has 1 aromatic heterocycles. The Labute approximate surface area is 128 Å². The van der Waals surface area contributed by atoms with Crippen LogP contribution in [-0.4, -0.2) is 31.2 Å². The lowest BCUT2D eigenvalue weighted by molar-refractivity contribution is -0.114. The van der Waals surface area contributed by atoms with Crippen LogP contribution >= 0.6 is 0 Å². The smallest absolute Gasteiger partial charge is 0.221 e. The number of fused-ring (bicyclic) bond motifs is 1. The van der Waals surface area contributed by atoms with Crippen molar-refractivity contribution in [3.05, 3.63) is 29.5 Å². The molecule has 0 radical (unpaired) electrons. The number of aryl methyl sites for hydroxylation is 1. The molecule has 22 heavy (non-hydrogen) atoms. The third-order valence-electron chi connectivity index (χ3n) is 3.21. The molecule has 0 aliphatic carbocycles. The van der Waals surface area contributed by atoms with E-state index in [1.165, 1.54) is 13.1 Å². The van der Waals surface area contributed by atoms with E-state index in [2.05, 4.69) is 16.4 Å². The Bertz CT molecular complexity index is 750. The lowest BCUT2D eigenvalue weighted by Crippen LogP contribution is -2.10. The van der Waals surface area contributed by atoms with Crippen LogP contribution in [0.25, 0.3) is 10.9 Å². The Kier molecular flexibility index (Phi) is 4.92. The number of nitrogens with one attached hydrogen (secondary N) is 1. The van der Waals surface area contributed by atoms with Gasteiger partial charge in [-0.3, -0.25) is 9.78 Å². The largest absolute Gasteiger partial charge is 0.489 e. The topological polar surface area (TPSA) is 84.2 Å². The predicted octanol–water partition coefficient (Wildman–Crippen LogP) is 2.40. The number of nitriles is 1. The molecule has 1 amide bonds. The summed E-state index contributed by atoms with van der Waals surface area (Å²) in [4.78, 5) is 15.7. The highest BCUT2D eigenvalue weighted by Gasteiger charge is 2.12. The van der Waals surface area contributed by atoms with Gasteiger partial charge in [0, 0.05) is 31.7 Å². The van der Waals surface area contributed by atoms with Gasteiger partial charge in [0.25, 0.3) is 0 Å². The van der Waals surface area contributed by atoms with Gasteiger partial charge in [-0.25, -0.2) is 0 Å². The quantitative estimate of drug-likeness (QED) is 0.857. The zero-order valence-corrected chi connectivity index (χ0v) is 12.8. The number of hydrogen-bond acceptors (Lipinski definition) is 5. The molecule has 0 aliphatic rings.